The van der Waals surface area contributed by atoms with E-state index in [-0.39, 0.29) is 25.7 Å². The van der Waals surface area contributed by atoms with Crippen LogP contribution in [-0.2, 0) is 17.9 Å². The van der Waals surface area contributed by atoms with E-state index < -0.39 is 12.2 Å². The number of aryl methyl sites for hydroxylation is 1. The van der Waals surface area contributed by atoms with E-state index in [1.54, 1.807) is 6.20 Å². The SMILES string of the molecule is CCn1nccc1-c1ccc(NC(=O)[C@H]2C[C@H](F)CN2Cc2cccc3c2OCO3)cc1. The first-order chi connectivity index (χ1) is 15.6. The number of aromatic nitrogens is 2. The summed E-state index contributed by atoms with van der Waals surface area (Å²) in [6.07, 6.45) is 0.901. The van der Waals surface area contributed by atoms with Crippen molar-refractivity contribution >= 4 is 11.6 Å². The molecule has 1 saturated heterocycles. The van der Waals surface area contributed by atoms with Gasteiger partial charge in [0.1, 0.15) is 6.17 Å². The number of nitrogens with one attached hydrogen (secondary N) is 1. The number of rotatable bonds is 6. The molecule has 1 N–H and O–H groups in total. The van der Waals surface area contributed by atoms with Crippen LogP contribution in [0.3, 0.4) is 0 Å². The number of fused-ring (bicyclic) bond motifs is 1. The van der Waals surface area contributed by atoms with Crippen LogP contribution in [0.4, 0.5) is 10.1 Å². The summed E-state index contributed by atoms with van der Waals surface area (Å²) in [5.74, 6) is 1.15. The number of nitrogens with zero attached hydrogens (tertiary/aromatic N) is 3. The first-order valence-electron chi connectivity index (χ1n) is 10.8. The zero-order valence-corrected chi connectivity index (χ0v) is 17.8. The molecule has 2 aliphatic rings. The Morgan fingerprint density at radius 2 is 2.03 bits per heavy atom. The molecular formula is C24H25FN4O3. The summed E-state index contributed by atoms with van der Waals surface area (Å²) in [5, 5.41) is 7.24. The van der Waals surface area contributed by atoms with Crippen molar-refractivity contribution in [3.8, 4) is 22.8 Å². The molecule has 5 rings (SSSR count). The van der Waals surface area contributed by atoms with Crippen LogP contribution >= 0.6 is 0 Å². The molecule has 0 radical (unpaired) electrons. The molecular weight excluding hydrogens is 411 g/mol. The number of para-hydroxylation sites is 1. The summed E-state index contributed by atoms with van der Waals surface area (Å²) in [6, 6.07) is 14.7. The fourth-order valence-electron chi connectivity index (χ4n) is 4.41. The number of likely N-dealkylation sites (tertiary alicyclic amines) is 1. The number of halogens is 1. The molecule has 3 heterocycles. The summed E-state index contributed by atoms with van der Waals surface area (Å²) in [6.45, 7) is 3.63. The number of hydrogen-bond donors (Lipinski definition) is 1. The van der Waals surface area contributed by atoms with Crippen molar-refractivity contribution in [1.82, 2.24) is 14.7 Å². The van der Waals surface area contributed by atoms with Crippen LogP contribution in [0.1, 0.15) is 18.9 Å². The highest BCUT2D eigenvalue weighted by Gasteiger charge is 2.37. The highest BCUT2D eigenvalue weighted by Crippen LogP contribution is 2.37. The third-order valence-corrected chi connectivity index (χ3v) is 5.97. The number of alkyl halides is 1. The maximum Gasteiger partial charge on any atom is 0.241 e. The van der Waals surface area contributed by atoms with Gasteiger partial charge in [-0.15, -0.1) is 0 Å². The Labute approximate surface area is 185 Å². The molecule has 3 aromatic rings. The van der Waals surface area contributed by atoms with Gasteiger partial charge in [-0.25, -0.2) is 4.39 Å². The number of anilines is 1. The Morgan fingerprint density at radius 1 is 1.19 bits per heavy atom. The fraction of sp³-hybridized carbons (Fsp3) is 0.333. The van der Waals surface area contributed by atoms with Gasteiger partial charge in [-0.2, -0.15) is 5.10 Å². The topological polar surface area (TPSA) is 68.6 Å². The average Bonchev–Trinajstić information content (AvgIpc) is 3.54. The number of ether oxygens (including phenoxy) is 2. The van der Waals surface area contributed by atoms with Gasteiger partial charge in [0.05, 0.1) is 11.7 Å². The predicted octanol–water partition coefficient (Wildman–Crippen LogP) is 3.85. The summed E-state index contributed by atoms with van der Waals surface area (Å²) < 4.78 is 27.2. The van der Waals surface area contributed by atoms with Crippen molar-refractivity contribution in [2.24, 2.45) is 0 Å². The molecule has 7 nitrogen and oxygen atoms in total. The molecule has 2 atom stereocenters. The molecule has 0 spiro atoms. The lowest BCUT2D eigenvalue weighted by Gasteiger charge is -2.24. The summed E-state index contributed by atoms with van der Waals surface area (Å²) >= 11 is 0. The largest absolute Gasteiger partial charge is 0.454 e. The quantitative estimate of drug-likeness (QED) is 0.636. The minimum Gasteiger partial charge on any atom is -0.454 e. The van der Waals surface area contributed by atoms with Gasteiger partial charge in [0.25, 0.3) is 0 Å². The van der Waals surface area contributed by atoms with Crippen molar-refractivity contribution < 1.29 is 18.7 Å². The van der Waals surface area contributed by atoms with E-state index in [2.05, 4.69) is 10.4 Å². The van der Waals surface area contributed by atoms with Gasteiger partial charge < -0.3 is 14.8 Å². The molecule has 0 saturated carbocycles. The maximum absolute atomic E-state index is 14.3. The van der Waals surface area contributed by atoms with Crippen molar-refractivity contribution in [3.05, 3.63) is 60.3 Å². The molecule has 1 aromatic heterocycles. The van der Waals surface area contributed by atoms with Crippen molar-refractivity contribution in [3.63, 3.8) is 0 Å². The average molecular weight is 436 g/mol. The minimum absolute atomic E-state index is 0.173. The Morgan fingerprint density at radius 3 is 2.84 bits per heavy atom. The predicted molar refractivity (Wildman–Crippen MR) is 118 cm³/mol. The van der Waals surface area contributed by atoms with Crippen LogP contribution in [0.25, 0.3) is 11.3 Å². The standard InChI is InChI=1S/C24H25FN4O3/c1-2-29-20(10-11-26-29)16-6-8-19(9-7-16)27-24(30)21-12-18(25)14-28(21)13-17-4-3-5-22-23(17)32-15-31-22/h3-11,18,21H,2,12-15H2,1H3,(H,27,30)/t18-,21+/m0/s1. The number of benzene rings is 2. The summed E-state index contributed by atoms with van der Waals surface area (Å²) in [4.78, 5) is 14.9. The lowest BCUT2D eigenvalue weighted by Crippen LogP contribution is -2.39. The molecule has 1 amide bonds. The molecule has 166 valence electrons. The smallest absolute Gasteiger partial charge is 0.241 e. The van der Waals surface area contributed by atoms with E-state index in [1.165, 1.54) is 0 Å². The second-order valence-corrected chi connectivity index (χ2v) is 8.03. The van der Waals surface area contributed by atoms with Crippen molar-refractivity contribution in [2.45, 2.75) is 38.6 Å². The van der Waals surface area contributed by atoms with E-state index >= 15 is 0 Å². The van der Waals surface area contributed by atoms with E-state index in [9.17, 15) is 9.18 Å². The van der Waals surface area contributed by atoms with Gasteiger partial charge in [-0.1, -0.05) is 24.3 Å². The molecule has 2 aromatic carbocycles. The van der Waals surface area contributed by atoms with Gasteiger partial charge in [0, 0.05) is 43.5 Å². The van der Waals surface area contributed by atoms with Gasteiger partial charge in [-0.3, -0.25) is 14.4 Å². The molecule has 1 fully saturated rings. The number of amides is 1. The first kappa shape index (κ1) is 20.5. The van der Waals surface area contributed by atoms with Crippen LogP contribution in [0.2, 0.25) is 0 Å². The van der Waals surface area contributed by atoms with Crippen LogP contribution < -0.4 is 14.8 Å². The Hall–Kier alpha value is -3.39. The van der Waals surface area contributed by atoms with E-state index in [0.29, 0.717) is 23.7 Å². The highest BCUT2D eigenvalue weighted by atomic mass is 19.1. The minimum atomic E-state index is -1.05. The molecule has 32 heavy (non-hydrogen) atoms. The fourth-order valence-corrected chi connectivity index (χ4v) is 4.41. The number of hydrogen-bond acceptors (Lipinski definition) is 5. The van der Waals surface area contributed by atoms with Gasteiger partial charge in [0.15, 0.2) is 11.5 Å². The molecule has 8 heteroatoms. The molecule has 0 bridgehead atoms. The molecule has 2 aliphatic heterocycles. The van der Waals surface area contributed by atoms with Crippen LogP contribution in [0.15, 0.2) is 54.7 Å². The van der Waals surface area contributed by atoms with Gasteiger partial charge >= 0.3 is 0 Å². The summed E-state index contributed by atoms with van der Waals surface area (Å²) in [7, 11) is 0. The summed E-state index contributed by atoms with van der Waals surface area (Å²) in [5.41, 5.74) is 3.62. The molecule has 0 unspecified atom stereocenters. The lowest BCUT2D eigenvalue weighted by molar-refractivity contribution is -0.120. The third kappa shape index (κ3) is 3.93. The normalized spacial score (nSPS) is 19.9. The third-order valence-electron chi connectivity index (χ3n) is 5.97. The Balaban J connectivity index is 1.28. The van der Waals surface area contributed by atoms with Crippen molar-refractivity contribution in [2.75, 3.05) is 18.7 Å². The lowest BCUT2D eigenvalue weighted by atomic mass is 10.1. The van der Waals surface area contributed by atoms with E-state index in [0.717, 1.165) is 23.4 Å². The zero-order chi connectivity index (χ0) is 22.1. The Bertz CT molecular complexity index is 1110. The number of carbonyl (C=O) groups excluding carboxylic acids is 1. The van der Waals surface area contributed by atoms with Crippen LogP contribution in [0.5, 0.6) is 11.5 Å². The first-order valence-corrected chi connectivity index (χ1v) is 10.8. The van der Waals surface area contributed by atoms with Gasteiger partial charge in [-0.05, 0) is 36.8 Å². The monoisotopic (exact) mass is 436 g/mol. The second-order valence-electron chi connectivity index (χ2n) is 8.03. The maximum atomic E-state index is 14.3. The van der Waals surface area contributed by atoms with Crippen LogP contribution in [-0.4, -0.2) is 46.1 Å². The van der Waals surface area contributed by atoms with E-state index in [1.807, 2.05) is 65.0 Å². The van der Waals surface area contributed by atoms with E-state index in [4.69, 9.17) is 9.47 Å². The van der Waals surface area contributed by atoms with Gasteiger partial charge in [0.2, 0.25) is 12.7 Å². The number of carbonyl (C=O) groups is 1. The highest BCUT2D eigenvalue weighted by molar-refractivity contribution is 5.95. The molecule has 0 aliphatic carbocycles. The zero-order valence-electron chi connectivity index (χ0n) is 17.8. The van der Waals surface area contributed by atoms with Crippen LogP contribution in [0, 0.1) is 0 Å². The van der Waals surface area contributed by atoms with Crippen molar-refractivity contribution in [1.29, 1.82) is 0 Å². The second kappa shape index (κ2) is 8.63. The Kier molecular flexibility index (Phi) is 5.53.